The van der Waals surface area contributed by atoms with E-state index >= 15 is 0 Å². The van der Waals surface area contributed by atoms with E-state index in [4.69, 9.17) is 4.74 Å². The van der Waals surface area contributed by atoms with Crippen molar-refractivity contribution in [1.29, 1.82) is 0 Å². The Morgan fingerprint density at radius 2 is 2.03 bits per heavy atom. The van der Waals surface area contributed by atoms with Gasteiger partial charge in [0.1, 0.15) is 5.75 Å². The van der Waals surface area contributed by atoms with Gasteiger partial charge in [-0.05, 0) is 99.7 Å². The molecule has 1 aromatic carbocycles. The number of benzene rings is 1. The Balaban J connectivity index is 1.32. The fourth-order valence-electron chi connectivity index (χ4n) is 5.57. The fraction of sp³-hybridized carbons (Fsp3) is 0.517. The average molecular weight is 507 g/mol. The highest BCUT2D eigenvalue weighted by Crippen LogP contribution is 2.35. The number of aliphatic hydroxyl groups is 1. The molecule has 0 radical (unpaired) electrons. The third-order valence-electron chi connectivity index (χ3n) is 7.63. The molecule has 1 fully saturated rings. The van der Waals surface area contributed by atoms with E-state index in [0.29, 0.717) is 24.7 Å². The number of aromatic nitrogens is 3. The number of hydrogen-bond acceptors (Lipinski definition) is 7. The van der Waals surface area contributed by atoms with Crippen LogP contribution in [-0.2, 0) is 11.2 Å². The van der Waals surface area contributed by atoms with Gasteiger partial charge in [-0.1, -0.05) is 0 Å². The van der Waals surface area contributed by atoms with E-state index in [1.54, 1.807) is 25.7 Å². The fourth-order valence-corrected chi connectivity index (χ4v) is 5.57. The summed E-state index contributed by atoms with van der Waals surface area (Å²) in [5.74, 6) is 0.739. The smallest absolute Gasteiger partial charge is 0.303 e. The maximum Gasteiger partial charge on any atom is 0.303 e. The summed E-state index contributed by atoms with van der Waals surface area (Å²) in [5.41, 5.74) is 2.73. The Bertz CT molecular complexity index is 1140. The minimum absolute atomic E-state index is 0.193. The van der Waals surface area contributed by atoms with Crippen LogP contribution >= 0.6 is 0 Å². The van der Waals surface area contributed by atoms with Crippen LogP contribution < -0.4 is 4.74 Å². The summed E-state index contributed by atoms with van der Waals surface area (Å²) in [6.07, 6.45) is 12.9. The number of nitrogens with zero attached hydrogens (tertiary/aromatic N) is 4. The van der Waals surface area contributed by atoms with Crippen LogP contribution in [0.3, 0.4) is 0 Å². The molecule has 37 heavy (non-hydrogen) atoms. The molecule has 8 nitrogen and oxygen atoms in total. The van der Waals surface area contributed by atoms with Crippen molar-refractivity contribution in [2.45, 2.75) is 57.5 Å². The molecule has 0 unspecified atom stereocenters. The highest BCUT2D eigenvalue weighted by Gasteiger charge is 2.30. The van der Waals surface area contributed by atoms with Crippen LogP contribution in [0.4, 0.5) is 0 Å². The molecule has 3 heterocycles. The van der Waals surface area contributed by atoms with E-state index in [-0.39, 0.29) is 6.42 Å². The van der Waals surface area contributed by atoms with Crippen molar-refractivity contribution in [3.05, 3.63) is 60.3 Å². The van der Waals surface area contributed by atoms with Crippen molar-refractivity contribution in [2.75, 3.05) is 26.7 Å². The zero-order valence-corrected chi connectivity index (χ0v) is 21.6. The maximum atomic E-state index is 11.3. The molecule has 8 heteroatoms. The van der Waals surface area contributed by atoms with Crippen molar-refractivity contribution in [3.8, 4) is 5.75 Å². The lowest BCUT2D eigenvalue weighted by molar-refractivity contribution is -0.137. The predicted molar refractivity (Wildman–Crippen MR) is 142 cm³/mol. The number of aryl methyl sites for hydroxylation is 1. The molecule has 3 atom stereocenters. The van der Waals surface area contributed by atoms with Gasteiger partial charge in [-0.15, -0.1) is 0 Å². The summed E-state index contributed by atoms with van der Waals surface area (Å²) in [6, 6.07) is 7.61. The van der Waals surface area contributed by atoms with Gasteiger partial charge in [-0.2, -0.15) is 0 Å². The number of aliphatic carboxylic acids is 1. The summed E-state index contributed by atoms with van der Waals surface area (Å²) in [5, 5.41) is 21.3. The molecule has 1 saturated heterocycles. The SMILES string of the molecule is COc1ccc2nccc([C@H](O)CC[C@@H]3CCN(CCCCc4cnccn4)C[C@H]3CCC(=O)O)c2c1. The van der Waals surface area contributed by atoms with Crippen LogP contribution in [0.5, 0.6) is 5.75 Å². The summed E-state index contributed by atoms with van der Waals surface area (Å²) >= 11 is 0. The third-order valence-corrected chi connectivity index (χ3v) is 7.63. The quantitative estimate of drug-likeness (QED) is 0.322. The van der Waals surface area contributed by atoms with E-state index in [9.17, 15) is 15.0 Å². The number of carboxylic acid groups (broad SMARTS) is 1. The van der Waals surface area contributed by atoms with Gasteiger partial charge in [0, 0.05) is 43.1 Å². The lowest BCUT2D eigenvalue weighted by Gasteiger charge is -2.39. The topological polar surface area (TPSA) is 109 Å². The zero-order chi connectivity index (χ0) is 26.0. The predicted octanol–water partition coefficient (Wildman–Crippen LogP) is 4.67. The molecule has 3 aromatic rings. The van der Waals surface area contributed by atoms with E-state index in [1.165, 1.54) is 0 Å². The molecule has 1 aliphatic heterocycles. The number of carboxylic acids is 1. The van der Waals surface area contributed by atoms with Crippen molar-refractivity contribution >= 4 is 16.9 Å². The summed E-state index contributed by atoms with van der Waals surface area (Å²) in [7, 11) is 1.63. The first-order chi connectivity index (χ1) is 18.0. The normalized spacial score (nSPS) is 19.1. The average Bonchev–Trinajstić information content (AvgIpc) is 2.93. The van der Waals surface area contributed by atoms with Crippen LogP contribution in [0.15, 0.2) is 49.1 Å². The number of likely N-dealkylation sites (tertiary alicyclic amines) is 1. The molecule has 0 spiro atoms. The van der Waals surface area contributed by atoms with Gasteiger partial charge in [0.15, 0.2) is 0 Å². The second kappa shape index (κ2) is 13.4. The standard InChI is InChI=1S/C29H38N4O4/c1-37-24-7-8-27-26(18-24)25(11-13-32-27)28(34)9-5-21-12-17-33(20-22(21)6-10-29(35)36)16-3-2-4-23-19-30-14-15-31-23/h7-8,11,13-15,18-19,21-22,28,34H,2-6,9-10,12,16-17,20H2,1H3,(H,35,36)/t21-,22-,28-/m1/s1. The number of aliphatic hydroxyl groups excluding tert-OH is 1. The first-order valence-corrected chi connectivity index (χ1v) is 13.3. The van der Waals surface area contributed by atoms with Crippen molar-refractivity contribution < 1.29 is 19.7 Å². The Hall–Kier alpha value is -3.10. The number of fused-ring (bicyclic) bond motifs is 1. The van der Waals surface area contributed by atoms with Gasteiger partial charge in [-0.3, -0.25) is 19.7 Å². The number of hydrogen-bond donors (Lipinski definition) is 2. The minimum atomic E-state index is -0.739. The van der Waals surface area contributed by atoms with Crippen LogP contribution in [0.25, 0.3) is 10.9 Å². The molecular formula is C29H38N4O4. The first kappa shape index (κ1) is 26.9. The number of pyridine rings is 1. The Morgan fingerprint density at radius 1 is 1.14 bits per heavy atom. The van der Waals surface area contributed by atoms with Gasteiger partial charge in [0.05, 0.1) is 24.4 Å². The van der Waals surface area contributed by atoms with E-state index < -0.39 is 12.1 Å². The summed E-state index contributed by atoms with van der Waals surface area (Å²) in [6.45, 7) is 2.96. The van der Waals surface area contributed by atoms with Crippen LogP contribution in [-0.4, -0.2) is 62.8 Å². The van der Waals surface area contributed by atoms with Crippen molar-refractivity contribution in [1.82, 2.24) is 19.9 Å². The summed E-state index contributed by atoms with van der Waals surface area (Å²) in [4.78, 5) is 26.7. The van der Waals surface area contributed by atoms with Gasteiger partial charge >= 0.3 is 5.97 Å². The maximum absolute atomic E-state index is 11.3. The van der Waals surface area contributed by atoms with E-state index in [2.05, 4.69) is 19.9 Å². The molecule has 2 aromatic heterocycles. The molecule has 4 rings (SSSR count). The Morgan fingerprint density at radius 3 is 2.81 bits per heavy atom. The zero-order valence-electron chi connectivity index (χ0n) is 21.6. The van der Waals surface area contributed by atoms with Crippen LogP contribution in [0.2, 0.25) is 0 Å². The van der Waals surface area contributed by atoms with Crippen LogP contribution in [0, 0.1) is 11.8 Å². The van der Waals surface area contributed by atoms with E-state index in [0.717, 1.165) is 79.6 Å². The van der Waals surface area contributed by atoms with Gasteiger partial charge in [0.25, 0.3) is 0 Å². The largest absolute Gasteiger partial charge is 0.497 e. The van der Waals surface area contributed by atoms with Crippen molar-refractivity contribution in [3.63, 3.8) is 0 Å². The highest BCUT2D eigenvalue weighted by atomic mass is 16.5. The molecule has 0 aliphatic carbocycles. The van der Waals surface area contributed by atoms with Gasteiger partial charge in [0.2, 0.25) is 0 Å². The summed E-state index contributed by atoms with van der Waals surface area (Å²) < 4.78 is 5.37. The first-order valence-electron chi connectivity index (χ1n) is 13.3. The number of rotatable bonds is 13. The molecule has 0 amide bonds. The number of piperidine rings is 1. The van der Waals surface area contributed by atoms with Gasteiger partial charge in [-0.25, -0.2) is 0 Å². The number of methoxy groups -OCH3 is 1. The molecular weight excluding hydrogens is 468 g/mol. The molecule has 1 aliphatic rings. The van der Waals surface area contributed by atoms with Crippen molar-refractivity contribution in [2.24, 2.45) is 11.8 Å². The third kappa shape index (κ3) is 7.69. The number of unbranched alkanes of at least 4 members (excludes halogenated alkanes) is 1. The highest BCUT2D eigenvalue weighted by molar-refractivity contribution is 5.83. The molecule has 2 N–H and O–H groups in total. The molecule has 0 saturated carbocycles. The van der Waals surface area contributed by atoms with E-state index in [1.807, 2.05) is 30.5 Å². The monoisotopic (exact) mass is 506 g/mol. The second-order valence-corrected chi connectivity index (χ2v) is 10.1. The van der Waals surface area contributed by atoms with Gasteiger partial charge < -0.3 is 19.8 Å². The lowest BCUT2D eigenvalue weighted by Crippen LogP contribution is -2.41. The second-order valence-electron chi connectivity index (χ2n) is 10.1. The number of carbonyl (C=O) groups is 1. The Labute approximate surface area is 218 Å². The number of ether oxygens (including phenoxy) is 1. The minimum Gasteiger partial charge on any atom is -0.497 e. The molecule has 0 bridgehead atoms. The van der Waals surface area contributed by atoms with Crippen LogP contribution in [0.1, 0.15) is 62.3 Å². The lowest BCUT2D eigenvalue weighted by atomic mass is 9.79. The molecule has 198 valence electrons. The Kier molecular flexibility index (Phi) is 9.79.